The number of rotatable bonds is 7. The number of likely N-dealkylation sites (N-methyl/N-ethyl adjacent to an activating group) is 1. The zero-order valence-electron chi connectivity index (χ0n) is 17.1. The molecule has 7 nitrogen and oxygen atoms in total. The van der Waals surface area contributed by atoms with Gasteiger partial charge in [0.25, 0.3) is 0 Å². The SMILES string of the molecule is COc1cc(OC)cc(N2CCC(N(C)C(=O)CCc3ccccc3N)C2=O)c1. The first-order chi connectivity index (χ1) is 13.9. The molecule has 0 aromatic heterocycles. The first-order valence-corrected chi connectivity index (χ1v) is 9.58. The summed E-state index contributed by atoms with van der Waals surface area (Å²) < 4.78 is 10.6. The first-order valence-electron chi connectivity index (χ1n) is 9.58. The first kappa shape index (κ1) is 20.5. The Morgan fingerprint density at radius 2 is 1.83 bits per heavy atom. The number of aryl methyl sites for hydroxylation is 1. The Bertz CT molecular complexity index is 877. The van der Waals surface area contributed by atoms with Crippen LogP contribution in [0.25, 0.3) is 0 Å². The van der Waals surface area contributed by atoms with Crippen molar-refractivity contribution in [1.82, 2.24) is 4.90 Å². The molecule has 0 radical (unpaired) electrons. The van der Waals surface area contributed by atoms with E-state index in [0.717, 1.165) is 5.56 Å². The highest BCUT2D eigenvalue weighted by molar-refractivity contribution is 6.01. The van der Waals surface area contributed by atoms with Gasteiger partial charge < -0.3 is 25.0 Å². The number of ether oxygens (including phenoxy) is 2. The summed E-state index contributed by atoms with van der Waals surface area (Å²) in [7, 11) is 4.83. The van der Waals surface area contributed by atoms with Crippen molar-refractivity contribution in [3.05, 3.63) is 48.0 Å². The molecule has 2 aromatic carbocycles. The van der Waals surface area contributed by atoms with E-state index < -0.39 is 6.04 Å². The lowest BCUT2D eigenvalue weighted by molar-refractivity contribution is -0.136. The van der Waals surface area contributed by atoms with Crippen molar-refractivity contribution in [3.63, 3.8) is 0 Å². The molecule has 1 heterocycles. The minimum Gasteiger partial charge on any atom is -0.497 e. The number of carbonyl (C=O) groups is 2. The van der Waals surface area contributed by atoms with E-state index in [2.05, 4.69) is 0 Å². The molecule has 1 fully saturated rings. The zero-order chi connectivity index (χ0) is 21.0. The van der Waals surface area contributed by atoms with E-state index in [1.54, 1.807) is 49.3 Å². The van der Waals surface area contributed by atoms with Gasteiger partial charge in [0.2, 0.25) is 11.8 Å². The van der Waals surface area contributed by atoms with Crippen LogP contribution in [0.4, 0.5) is 11.4 Å². The molecular formula is C22H27N3O4. The number of hydrogen-bond acceptors (Lipinski definition) is 5. The van der Waals surface area contributed by atoms with Crippen molar-refractivity contribution in [1.29, 1.82) is 0 Å². The molecule has 0 aliphatic carbocycles. The van der Waals surface area contributed by atoms with Crippen LogP contribution in [0.5, 0.6) is 11.5 Å². The van der Waals surface area contributed by atoms with Gasteiger partial charge >= 0.3 is 0 Å². The van der Waals surface area contributed by atoms with E-state index in [4.69, 9.17) is 15.2 Å². The average Bonchev–Trinajstić information content (AvgIpc) is 3.13. The molecule has 0 spiro atoms. The van der Waals surface area contributed by atoms with Crippen LogP contribution >= 0.6 is 0 Å². The molecule has 29 heavy (non-hydrogen) atoms. The highest BCUT2D eigenvalue weighted by Crippen LogP contribution is 2.32. The quantitative estimate of drug-likeness (QED) is 0.726. The third-order valence-electron chi connectivity index (χ3n) is 5.35. The topological polar surface area (TPSA) is 85.1 Å². The number of nitrogen functional groups attached to an aromatic ring is 1. The average molecular weight is 397 g/mol. The van der Waals surface area contributed by atoms with Crippen LogP contribution in [0.1, 0.15) is 18.4 Å². The van der Waals surface area contributed by atoms with E-state index in [-0.39, 0.29) is 11.8 Å². The number of para-hydroxylation sites is 1. The predicted molar refractivity (Wildman–Crippen MR) is 112 cm³/mol. The van der Waals surface area contributed by atoms with Gasteiger partial charge in [0.05, 0.1) is 19.9 Å². The number of amides is 2. The molecule has 2 aromatic rings. The zero-order valence-corrected chi connectivity index (χ0v) is 17.1. The van der Waals surface area contributed by atoms with Crippen molar-refractivity contribution in [2.45, 2.75) is 25.3 Å². The van der Waals surface area contributed by atoms with Gasteiger partial charge in [-0.1, -0.05) is 18.2 Å². The Morgan fingerprint density at radius 3 is 2.45 bits per heavy atom. The van der Waals surface area contributed by atoms with E-state index in [0.29, 0.717) is 48.7 Å². The lowest BCUT2D eigenvalue weighted by Gasteiger charge is -2.24. The van der Waals surface area contributed by atoms with Gasteiger partial charge in [-0.15, -0.1) is 0 Å². The lowest BCUT2D eigenvalue weighted by atomic mass is 10.1. The third-order valence-corrected chi connectivity index (χ3v) is 5.35. The van der Waals surface area contributed by atoms with Gasteiger partial charge in [-0.05, 0) is 24.5 Å². The highest BCUT2D eigenvalue weighted by atomic mass is 16.5. The molecule has 2 N–H and O–H groups in total. The minimum atomic E-state index is -0.479. The number of nitrogens with two attached hydrogens (primary N) is 1. The van der Waals surface area contributed by atoms with E-state index >= 15 is 0 Å². The molecule has 1 saturated heterocycles. The molecular weight excluding hydrogens is 370 g/mol. The van der Waals surface area contributed by atoms with Crippen molar-refractivity contribution in [3.8, 4) is 11.5 Å². The fourth-order valence-electron chi connectivity index (χ4n) is 3.58. The molecule has 7 heteroatoms. The Hall–Kier alpha value is -3.22. The number of hydrogen-bond donors (Lipinski definition) is 1. The Balaban J connectivity index is 1.67. The second kappa shape index (κ2) is 8.86. The summed E-state index contributed by atoms with van der Waals surface area (Å²) in [5.74, 6) is 1.05. The normalized spacial score (nSPS) is 16.0. The number of benzene rings is 2. The number of anilines is 2. The lowest BCUT2D eigenvalue weighted by Crippen LogP contribution is -2.43. The molecule has 1 aliphatic heterocycles. The van der Waals surface area contributed by atoms with Crippen molar-refractivity contribution < 1.29 is 19.1 Å². The van der Waals surface area contributed by atoms with Crippen LogP contribution in [0.2, 0.25) is 0 Å². The standard InChI is InChI=1S/C22H27N3O4/c1-24(21(26)9-8-15-6-4-5-7-19(15)23)20-10-11-25(22(20)27)16-12-17(28-2)14-18(13-16)29-3/h4-7,12-14,20H,8-11,23H2,1-3H3. The second-order valence-corrected chi connectivity index (χ2v) is 7.07. The summed E-state index contributed by atoms with van der Waals surface area (Å²) in [5.41, 5.74) is 8.27. The predicted octanol–water partition coefficient (Wildman–Crippen LogP) is 2.48. The number of nitrogens with zero attached hydrogens (tertiary/aromatic N) is 2. The van der Waals surface area contributed by atoms with Crippen molar-refractivity contribution in [2.75, 3.05) is 38.4 Å². The van der Waals surface area contributed by atoms with Crippen LogP contribution in [-0.4, -0.2) is 50.6 Å². The Labute approximate surface area is 171 Å². The van der Waals surface area contributed by atoms with Crippen LogP contribution < -0.4 is 20.1 Å². The van der Waals surface area contributed by atoms with Crippen LogP contribution in [0.15, 0.2) is 42.5 Å². The number of methoxy groups -OCH3 is 2. The van der Waals surface area contributed by atoms with Crippen molar-refractivity contribution in [2.24, 2.45) is 0 Å². The van der Waals surface area contributed by atoms with Crippen LogP contribution in [0.3, 0.4) is 0 Å². The van der Waals surface area contributed by atoms with E-state index in [9.17, 15) is 9.59 Å². The van der Waals surface area contributed by atoms with Gasteiger partial charge in [-0.3, -0.25) is 9.59 Å². The maximum absolute atomic E-state index is 13.0. The molecule has 1 aliphatic rings. The second-order valence-electron chi connectivity index (χ2n) is 7.07. The Kier molecular flexibility index (Phi) is 6.26. The van der Waals surface area contributed by atoms with Gasteiger partial charge in [-0.2, -0.15) is 0 Å². The maximum Gasteiger partial charge on any atom is 0.249 e. The molecule has 1 unspecified atom stereocenters. The van der Waals surface area contributed by atoms with E-state index in [1.165, 1.54) is 0 Å². The summed E-state index contributed by atoms with van der Waals surface area (Å²) in [4.78, 5) is 28.9. The van der Waals surface area contributed by atoms with Crippen LogP contribution in [0, 0.1) is 0 Å². The highest BCUT2D eigenvalue weighted by Gasteiger charge is 2.37. The molecule has 0 saturated carbocycles. The summed E-state index contributed by atoms with van der Waals surface area (Å²) >= 11 is 0. The maximum atomic E-state index is 13.0. The van der Waals surface area contributed by atoms with Crippen LogP contribution in [-0.2, 0) is 16.0 Å². The number of carbonyl (C=O) groups excluding carboxylic acids is 2. The summed E-state index contributed by atoms with van der Waals surface area (Å²) in [5, 5.41) is 0. The monoisotopic (exact) mass is 397 g/mol. The van der Waals surface area contributed by atoms with Gasteiger partial charge in [0.1, 0.15) is 17.5 Å². The smallest absolute Gasteiger partial charge is 0.249 e. The van der Waals surface area contributed by atoms with Gasteiger partial charge in [-0.25, -0.2) is 0 Å². The molecule has 2 amide bonds. The van der Waals surface area contributed by atoms with Gasteiger partial charge in [0, 0.05) is 43.9 Å². The molecule has 1 atom stereocenters. The van der Waals surface area contributed by atoms with Gasteiger partial charge in [0.15, 0.2) is 0 Å². The molecule has 154 valence electrons. The fourth-order valence-corrected chi connectivity index (χ4v) is 3.58. The minimum absolute atomic E-state index is 0.0725. The summed E-state index contributed by atoms with van der Waals surface area (Å²) in [6.45, 7) is 0.531. The molecule has 3 rings (SSSR count). The summed E-state index contributed by atoms with van der Waals surface area (Å²) in [6.07, 6.45) is 1.43. The Morgan fingerprint density at radius 1 is 1.17 bits per heavy atom. The fraction of sp³-hybridized carbons (Fsp3) is 0.364. The van der Waals surface area contributed by atoms with E-state index in [1.807, 2.05) is 24.3 Å². The van der Waals surface area contributed by atoms with Crippen molar-refractivity contribution >= 4 is 23.2 Å². The molecule has 0 bridgehead atoms. The summed E-state index contributed by atoms with van der Waals surface area (Å²) in [6, 6.07) is 12.4. The largest absolute Gasteiger partial charge is 0.497 e. The third kappa shape index (κ3) is 4.45.